The third-order valence-electron chi connectivity index (χ3n) is 4.26. The molecule has 1 saturated heterocycles. The van der Waals surface area contributed by atoms with Crippen LogP contribution in [0.15, 0.2) is 18.2 Å². The molecule has 2 rings (SSSR count). The van der Waals surface area contributed by atoms with Crippen LogP contribution in [0, 0.1) is 11.7 Å². The Balaban J connectivity index is 2.47. The summed E-state index contributed by atoms with van der Waals surface area (Å²) in [6.07, 6.45) is -0.496. The monoisotopic (exact) mass is 386 g/mol. The molecular weight excluding hydrogens is 363 g/mol. The van der Waals surface area contributed by atoms with Crippen molar-refractivity contribution in [2.75, 3.05) is 6.26 Å². The lowest BCUT2D eigenvalue weighted by molar-refractivity contribution is -0.211. The highest BCUT2D eigenvalue weighted by Crippen LogP contribution is 2.42. The number of benzene rings is 1. The first kappa shape index (κ1) is 20.7. The van der Waals surface area contributed by atoms with Crippen molar-refractivity contribution < 1.29 is 33.3 Å². The molecule has 1 N–H and O–H groups in total. The lowest BCUT2D eigenvalue weighted by Gasteiger charge is -2.44. The van der Waals surface area contributed by atoms with E-state index in [4.69, 9.17) is 14.2 Å². The fourth-order valence-electron chi connectivity index (χ4n) is 3.09. The number of esters is 2. The van der Waals surface area contributed by atoms with Gasteiger partial charge < -0.3 is 19.3 Å². The summed E-state index contributed by atoms with van der Waals surface area (Å²) in [6, 6.07) is 4.20. The number of carbonyl (C=O) groups excluding carboxylic acids is 2. The second kappa shape index (κ2) is 8.83. The first-order chi connectivity index (χ1) is 12.3. The fourth-order valence-corrected chi connectivity index (χ4v) is 3.90. The average Bonchev–Trinajstić information content (AvgIpc) is 2.58. The molecule has 0 aliphatic carbocycles. The van der Waals surface area contributed by atoms with Gasteiger partial charge in [-0.25, -0.2) is 4.39 Å². The van der Waals surface area contributed by atoms with Gasteiger partial charge in [0.1, 0.15) is 23.5 Å². The Labute approximate surface area is 156 Å². The van der Waals surface area contributed by atoms with Crippen molar-refractivity contribution in [3.8, 4) is 0 Å². The van der Waals surface area contributed by atoms with Crippen LogP contribution in [0.5, 0.6) is 0 Å². The Kier molecular flexibility index (Phi) is 7.02. The molecule has 1 heterocycles. The van der Waals surface area contributed by atoms with Gasteiger partial charge >= 0.3 is 11.9 Å². The third kappa shape index (κ3) is 4.55. The molecule has 1 aromatic rings. The van der Waals surface area contributed by atoms with Crippen molar-refractivity contribution in [1.82, 2.24) is 0 Å². The van der Waals surface area contributed by atoms with Gasteiger partial charge in [0.15, 0.2) is 6.10 Å². The molecule has 8 heteroatoms. The first-order valence-corrected chi connectivity index (χ1v) is 9.49. The van der Waals surface area contributed by atoms with E-state index in [9.17, 15) is 19.1 Å². The van der Waals surface area contributed by atoms with Crippen molar-refractivity contribution in [3.05, 3.63) is 35.1 Å². The van der Waals surface area contributed by atoms with Crippen LogP contribution >= 0.6 is 11.8 Å². The summed E-state index contributed by atoms with van der Waals surface area (Å²) in [7, 11) is 0. The zero-order valence-electron chi connectivity index (χ0n) is 15.1. The van der Waals surface area contributed by atoms with Gasteiger partial charge in [-0.1, -0.05) is 13.0 Å². The molecule has 0 radical (unpaired) electrons. The normalized spacial score (nSPS) is 28.5. The minimum atomic E-state index is -0.883. The molecule has 5 atom stereocenters. The smallest absolute Gasteiger partial charge is 0.303 e. The van der Waals surface area contributed by atoms with Crippen LogP contribution in [-0.4, -0.2) is 40.9 Å². The Morgan fingerprint density at radius 2 is 1.85 bits per heavy atom. The number of aliphatic hydroxyl groups excluding tert-OH is 1. The largest absolute Gasteiger partial charge is 0.458 e. The van der Waals surface area contributed by atoms with E-state index in [1.807, 2.05) is 13.2 Å². The number of halogens is 1. The zero-order valence-corrected chi connectivity index (χ0v) is 15.9. The molecule has 144 valence electrons. The van der Waals surface area contributed by atoms with Crippen LogP contribution in [0.1, 0.15) is 38.0 Å². The molecule has 0 spiro atoms. The number of hydrogen-bond donors (Lipinski definition) is 1. The van der Waals surface area contributed by atoms with Gasteiger partial charge in [-0.3, -0.25) is 9.59 Å². The summed E-state index contributed by atoms with van der Waals surface area (Å²) in [6.45, 7) is 3.93. The lowest BCUT2D eigenvalue weighted by Crippen LogP contribution is -2.52. The highest BCUT2D eigenvalue weighted by Gasteiger charge is 2.48. The number of thioether (sulfide) groups is 1. The zero-order chi connectivity index (χ0) is 19.4. The van der Waals surface area contributed by atoms with Gasteiger partial charge in [-0.15, -0.1) is 11.8 Å². The summed E-state index contributed by atoms with van der Waals surface area (Å²) in [5.74, 6) is -1.80. The Hall–Kier alpha value is -1.64. The molecule has 6 nitrogen and oxygen atoms in total. The maximum atomic E-state index is 13.7. The quantitative estimate of drug-likeness (QED) is 0.779. The summed E-state index contributed by atoms with van der Waals surface area (Å²) in [4.78, 5) is 23.2. The average molecular weight is 386 g/mol. The lowest BCUT2D eigenvalue weighted by atomic mass is 9.89. The van der Waals surface area contributed by atoms with Crippen LogP contribution in [0.2, 0.25) is 0 Å². The third-order valence-corrected chi connectivity index (χ3v) is 5.26. The molecule has 1 aliphatic heterocycles. The van der Waals surface area contributed by atoms with Gasteiger partial charge in [0.2, 0.25) is 0 Å². The van der Waals surface area contributed by atoms with Crippen molar-refractivity contribution in [1.29, 1.82) is 0 Å². The Morgan fingerprint density at radius 3 is 2.38 bits per heavy atom. The van der Waals surface area contributed by atoms with Crippen LogP contribution in [-0.2, 0) is 30.4 Å². The van der Waals surface area contributed by atoms with E-state index >= 15 is 0 Å². The summed E-state index contributed by atoms with van der Waals surface area (Å²) in [5, 5.41) is 9.32. The topological polar surface area (TPSA) is 82.1 Å². The number of carbonyl (C=O) groups is 2. The number of hydrogen-bond acceptors (Lipinski definition) is 7. The van der Waals surface area contributed by atoms with Crippen LogP contribution < -0.4 is 0 Å². The summed E-state index contributed by atoms with van der Waals surface area (Å²) in [5.41, 5.74) is 0.319. The fraction of sp³-hybridized carbons (Fsp3) is 0.556. The predicted octanol–water partition coefficient (Wildman–Crippen LogP) is 2.58. The molecule has 1 aromatic carbocycles. The Morgan fingerprint density at radius 1 is 1.23 bits per heavy atom. The molecular formula is C18H23FO6S. The minimum absolute atomic E-state index is 0.107. The van der Waals surface area contributed by atoms with Gasteiger partial charge in [-0.05, 0) is 24.0 Å². The van der Waals surface area contributed by atoms with Crippen molar-refractivity contribution in [2.45, 2.75) is 51.1 Å². The molecule has 0 bridgehead atoms. The minimum Gasteiger partial charge on any atom is -0.458 e. The van der Waals surface area contributed by atoms with E-state index in [2.05, 4.69) is 0 Å². The second-order valence-corrected chi connectivity index (χ2v) is 7.11. The van der Waals surface area contributed by atoms with Gasteiger partial charge in [0, 0.05) is 25.3 Å². The number of ether oxygens (including phenoxy) is 3. The number of rotatable bonds is 5. The summed E-state index contributed by atoms with van der Waals surface area (Å²) < 4.78 is 30.7. The molecule has 1 fully saturated rings. The van der Waals surface area contributed by atoms with E-state index in [0.717, 1.165) is 0 Å². The number of aliphatic hydroxyl groups is 1. The molecule has 0 unspecified atom stereocenters. The highest BCUT2D eigenvalue weighted by atomic mass is 32.2. The van der Waals surface area contributed by atoms with Crippen molar-refractivity contribution in [2.24, 2.45) is 5.92 Å². The van der Waals surface area contributed by atoms with E-state index < -0.39 is 42.7 Å². The van der Waals surface area contributed by atoms with Crippen molar-refractivity contribution >= 4 is 23.7 Å². The van der Waals surface area contributed by atoms with Crippen LogP contribution in [0.25, 0.3) is 0 Å². The van der Waals surface area contributed by atoms with Crippen molar-refractivity contribution in [3.63, 3.8) is 0 Å². The maximum Gasteiger partial charge on any atom is 0.303 e. The first-order valence-electron chi connectivity index (χ1n) is 8.20. The predicted molar refractivity (Wildman–Crippen MR) is 93.7 cm³/mol. The van der Waals surface area contributed by atoms with Gasteiger partial charge in [0.05, 0.1) is 6.61 Å². The molecule has 26 heavy (non-hydrogen) atoms. The molecule has 0 amide bonds. The second-order valence-electron chi connectivity index (χ2n) is 6.18. The Bertz CT molecular complexity index is 667. The van der Waals surface area contributed by atoms with Crippen LogP contribution in [0.4, 0.5) is 4.39 Å². The van der Waals surface area contributed by atoms with Gasteiger partial charge in [0.25, 0.3) is 0 Å². The van der Waals surface area contributed by atoms with Crippen LogP contribution in [0.3, 0.4) is 0 Å². The van der Waals surface area contributed by atoms with E-state index in [1.165, 1.54) is 43.8 Å². The summed E-state index contributed by atoms with van der Waals surface area (Å²) >= 11 is 1.44. The SMILES string of the molecule is CS[C@H]1O[C@@H](c2ccc(F)c(CO)c2)[C@H](OC(C)=O)[C@@H](OC(C)=O)[C@@H]1C. The maximum absolute atomic E-state index is 13.7. The van der Waals surface area contributed by atoms with Gasteiger partial charge in [-0.2, -0.15) is 0 Å². The van der Waals surface area contributed by atoms with E-state index in [-0.39, 0.29) is 16.9 Å². The van der Waals surface area contributed by atoms with E-state index in [0.29, 0.717) is 5.56 Å². The molecule has 0 saturated carbocycles. The molecule has 0 aromatic heterocycles. The standard InChI is InChI=1S/C18H23FO6S/c1-9-15(23-10(2)21)17(24-11(3)22)16(25-18(9)26-4)12-5-6-14(19)13(7-12)8-20/h5-7,9,15-18,20H,8H2,1-4H3/t9-,15-,16-,17+,18+/m0/s1. The molecule has 1 aliphatic rings. The highest BCUT2D eigenvalue weighted by molar-refractivity contribution is 7.99. The van der Waals surface area contributed by atoms with E-state index in [1.54, 1.807) is 0 Å².